The molecule has 8 heteroatoms. The number of hydrogen-bond donors (Lipinski definition) is 3. The SMILES string of the molecule is Nc1nc2cc(-c3ccn[nH]3)ccc2c2nn(CCNSC3CC3)cc12. The highest BCUT2D eigenvalue weighted by molar-refractivity contribution is 7.98. The van der Waals surface area contributed by atoms with Crippen molar-refractivity contribution in [1.82, 2.24) is 29.7 Å². The normalized spacial score (nSPS) is 14.5. The van der Waals surface area contributed by atoms with E-state index in [0.29, 0.717) is 5.82 Å². The summed E-state index contributed by atoms with van der Waals surface area (Å²) in [5, 5.41) is 14.5. The molecule has 0 aliphatic heterocycles. The number of rotatable bonds is 6. The molecule has 0 amide bonds. The summed E-state index contributed by atoms with van der Waals surface area (Å²) in [5.41, 5.74) is 9.93. The molecule has 1 saturated carbocycles. The molecular formula is C18H19N7S. The topological polar surface area (TPSA) is 97.4 Å². The van der Waals surface area contributed by atoms with Gasteiger partial charge in [-0.15, -0.1) is 0 Å². The summed E-state index contributed by atoms with van der Waals surface area (Å²) in [6.45, 7) is 1.69. The number of H-pyrrole nitrogens is 1. The molecule has 0 unspecified atom stereocenters. The zero-order valence-corrected chi connectivity index (χ0v) is 15.0. The van der Waals surface area contributed by atoms with E-state index in [1.54, 1.807) is 6.20 Å². The van der Waals surface area contributed by atoms with Crippen LogP contribution in [-0.2, 0) is 6.54 Å². The fraction of sp³-hybridized carbons (Fsp3) is 0.278. The van der Waals surface area contributed by atoms with Gasteiger partial charge in [0.25, 0.3) is 0 Å². The number of fused-ring (bicyclic) bond motifs is 3. The summed E-state index contributed by atoms with van der Waals surface area (Å²) in [5.74, 6) is 0.515. The number of aromatic amines is 1. The van der Waals surface area contributed by atoms with E-state index in [2.05, 4.69) is 32.0 Å². The largest absolute Gasteiger partial charge is 0.383 e. The second kappa shape index (κ2) is 6.30. The van der Waals surface area contributed by atoms with E-state index in [0.717, 1.165) is 51.4 Å². The molecule has 4 aromatic rings. The number of nitrogen functional groups attached to an aromatic ring is 1. The van der Waals surface area contributed by atoms with Gasteiger partial charge >= 0.3 is 0 Å². The lowest BCUT2D eigenvalue weighted by Crippen LogP contribution is -2.14. The molecule has 7 nitrogen and oxygen atoms in total. The lowest BCUT2D eigenvalue weighted by molar-refractivity contribution is 0.618. The van der Waals surface area contributed by atoms with Crippen LogP contribution in [0.1, 0.15) is 12.8 Å². The minimum Gasteiger partial charge on any atom is -0.383 e. The Morgan fingerprint density at radius 1 is 1.27 bits per heavy atom. The Kier molecular flexibility index (Phi) is 3.79. The van der Waals surface area contributed by atoms with E-state index >= 15 is 0 Å². The Balaban J connectivity index is 1.47. The standard InChI is InChI=1S/C18H19N7S/c19-18-14-10-25(8-7-21-26-12-2-3-12)24-17(14)13-4-1-11(9-16(13)22-18)15-5-6-20-23-15/h1,4-6,9-10,12,21H,2-3,7-8H2,(H2,19,22)(H,20,23). The third kappa shape index (κ3) is 2.91. The highest BCUT2D eigenvalue weighted by Crippen LogP contribution is 2.32. The van der Waals surface area contributed by atoms with Crippen LogP contribution >= 0.6 is 11.9 Å². The van der Waals surface area contributed by atoms with Gasteiger partial charge in [0.2, 0.25) is 0 Å². The quantitative estimate of drug-likeness (QED) is 0.359. The Hall–Kier alpha value is -2.58. The molecule has 0 spiro atoms. The number of hydrogen-bond acceptors (Lipinski definition) is 6. The van der Waals surface area contributed by atoms with Crippen molar-refractivity contribution in [2.75, 3.05) is 12.3 Å². The monoisotopic (exact) mass is 365 g/mol. The average molecular weight is 365 g/mol. The third-order valence-electron chi connectivity index (χ3n) is 4.56. The van der Waals surface area contributed by atoms with Crippen LogP contribution in [0.5, 0.6) is 0 Å². The maximum atomic E-state index is 6.20. The minimum absolute atomic E-state index is 0.515. The molecule has 132 valence electrons. The zero-order chi connectivity index (χ0) is 17.5. The highest BCUT2D eigenvalue weighted by atomic mass is 32.2. The number of nitrogens with zero attached hydrogens (tertiary/aromatic N) is 4. The predicted octanol–water partition coefficient (Wildman–Crippen LogP) is 2.96. The van der Waals surface area contributed by atoms with E-state index in [1.807, 2.05) is 35.0 Å². The summed E-state index contributed by atoms with van der Waals surface area (Å²) in [7, 11) is 0. The Labute approximate surface area is 154 Å². The summed E-state index contributed by atoms with van der Waals surface area (Å²) in [6, 6.07) is 8.06. The van der Waals surface area contributed by atoms with Gasteiger partial charge in [0, 0.05) is 35.1 Å². The number of anilines is 1. The predicted molar refractivity (Wildman–Crippen MR) is 106 cm³/mol. The van der Waals surface area contributed by atoms with Gasteiger partial charge in [-0.05, 0) is 31.0 Å². The van der Waals surface area contributed by atoms with E-state index in [-0.39, 0.29) is 0 Å². The average Bonchev–Trinajstić information content (AvgIpc) is 3.13. The second-order valence-electron chi connectivity index (χ2n) is 6.57. The third-order valence-corrected chi connectivity index (χ3v) is 5.74. The Bertz CT molecular complexity index is 1070. The van der Waals surface area contributed by atoms with Crippen LogP contribution in [-0.4, -0.2) is 36.8 Å². The molecule has 0 bridgehead atoms. The van der Waals surface area contributed by atoms with Gasteiger partial charge in [0.15, 0.2) is 0 Å². The van der Waals surface area contributed by atoms with E-state index in [1.165, 1.54) is 12.8 Å². The van der Waals surface area contributed by atoms with Crippen LogP contribution < -0.4 is 10.5 Å². The van der Waals surface area contributed by atoms with Crippen molar-refractivity contribution in [3.8, 4) is 11.3 Å². The lowest BCUT2D eigenvalue weighted by Gasteiger charge is -2.04. The molecule has 0 saturated heterocycles. The smallest absolute Gasteiger partial charge is 0.135 e. The number of aromatic nitrogens is 5. The van der Waals surface area contributed by atoms with Crippen LogP contribution in [0.4, 0.5) is 5.82 Å². The van der Waals surface area contributed by atoms with Crippen LogP contribution in [0, 0.1) is 0 Å². The van der Waals surface area contributed by atoms with Gasteiger partial charge < -0.3 is 5.73 Å². The molecule has 1 fully saturated rings. The lowest BCUT2D eigenvalue weighted by atomic mass is 10.1. The van der Waals surface area contributed by atoms with Crippen molar-refractivity contribution in [1.29, 1.82) is 0 Å². The number of benzene rings is 1. The Morgan fingerprint density at radius 3 is 3.00 bits per heavy atom. The maximum absolute atomic E-state index is 6.20. The van der Waals surface area contributed by atoms with Crippen LogP contribution in [0.25, 0.3) is 33.1 Å². The van der Waals surface area contributed by atoms with E-state index in [4.69, 9.17) is 10.8 Å². The minimum atomic E-state index is 0.515. The first-order valence-electron chi connectivity index (χ1n) is 8.72. The molecule has 5 rings (SSSR count). The number of pyridine rings is 1. The summed E-state index contributed by atoms with van der Waals surface area (Å²) < 4.78 is 5.36. The van der Waals surface area contributed by atoms with E-state index < -0.39 is 0 Å². The Morgan fingerprint density at radius 2 is 2.19 bits per heavy atom. The summed E-state index contributed by atoms with van der Waals surface area (Å²) >= 11 is 1.84. The zero-order valence-electron chi connectivity index (χ0n) is 14.1. The first kappa shape index (κ1) is 15.7. The summed E-state index contributed by atoms with van der Waals surface area (Å²) in [4.78, 5) is 4.59. The van der Waals surface area contributed by atoms with Gasteiger partial charge in [-0.3, -0.25) is 14.5 Å². The maximum Gasteiger partial charge on any atom is 0.135 e. The van der Waals surface area contributed by atoms with Crippen molar-refractivity contribution in [2.24, 2.45) is 0 Å². The molecule has 0 atom stereocenters. The molecule has 0 radical (unpaired) electrons. The fourth-order valence-corrected chi connectivity index (χ4v) is 3.86. The molecule has 3 aromatic heterocycles. The van der Waals surface area contributed by atoms with Crippen LogP contribution in [0.2, 0.25) is 0 Å². The van der Waals surface area contributed by atoms with Crippen molar-refractivity contribution in [3.05, 3.63) is 36.7 Å². The molecule has 1 aliphatic rings. The van der Waals surface area contributed by atoms with E-state index in [9.17, 15) is 0 Å². The number of nitrogens with two attached hydrogens (primary N) is 1. The molecule has 3 heterocycles. The molecule has 26 heavy (non-hydrogen) atoms. The van der Waals surface area contributed by atoms with Crippen LogP contribution in [0.15, 0.2) is 36.7 Å². The van der Waals surface area contributed by atoms with Gasteiger partial charge in [0.1, 0.15) is 11.3 Å². The van der Waals surface area contributed by atoms with Crippen molar-refractivity contribution in [3.63, 3.8) is 0 Å². The second-order valence-corrected chi connectivity index (χ2v) is 7.76. The van der Waals surface area contributed by atoms with Crippen molar-refractivity contribution < 1.29 is 0 Å². The molecular weight excluding hydrogens is 346 g/mol. The molecule has 4 N–H and O–H groups in total. The van der Waals surface area contributed by atoms with Gasteiger partial charge in [-0.25, -0.2) is 4.98 Å². The van der Waals surface area contributed by atoms with Gasteiger partial charge in [-0.2, -0.15) is 10.2 Å². The summed E-state index contributed by atoms with van der Waals surface area (Å²) in [6.07, 6.45) is 6.39. The number of nitrogens with one attached hydrogen (secondary N) is 2. The van der Waals surface area contributed by atoms with Gasteiger partial charge in [-0.1, -0.05) is 18.0 Å². The first-order valence-corrected chi connectivity index (χ1v) is 9.60. The first-order chi connectivity index (χ1) is 12.8. The fourth-order valence-electron chi connectivity index (χ4n) is 3.04. The highest BCUT2D eigenvalue weighted by Gasteiger charge is 2.21. The van der Waals surface area contributed by atoms with Gasteiger partial charge in [0.05, 0.1) is 23.1 Å². The van der Waals surface area contributed by atoms with Crippen molar-refractivity contribution >= 4 is 39.6 Å². The van der Waals surface area contributed by atoms with Crippen molar-refractivity contribution in [2.45, 2.75) is 24.6 Å². The van der Waals surface area contributed by atoms with Crippen LogP contribution in [0.3, 0.4) is 0 Å². The molecule has 1 aliphatic carbocycles. The molecule has 1 aromatic carbocycles.